The fraction of sp³-hybridized carbons (Fsp3) is 0.357. The van der Waals surface area contributed by atoms with Crippen LogP contribution in [0, 0.1) is 19.8 Å². The third kappa shape index (κ3) is 6.48. The van der Waals surface area contributed by atoms with Gasteiger partial charge in [-0.15, -0.1) is 0 Å². The number of nitrogens with two attached hydrogens (primary N) is 2. The van der Waals surface area contributed by atoms with E-state index in [1.807, 2.05) is 26.0 Å². The zero-order valence-corrected chi connectivity index (χ0v) is 23.8. The molecule has 1 unspecified atom stereocenters. The smallest absolute Gasteiger partial charge is 0.273 e. The first-order valence-electron chi connectivity index (χ1n) is 12.5. The quantitative estimate of drug-likeness (QED) is 0.325. The van der Waals surface area contributed by atoms with Crippen LogP contribution in [0.15, 0.2) is 36.4 Å². The molecule has 3 amide bonds. The fourth-order valence-electron chi connectivity index (χ4n) is 4.02. The van der Waals surface area contributed by atoms with E-state index >= 15 is 0 Å². The second kappa shape index (κ2) is 12.6. The highest BCUT2D eigenvalue weighted by Gasteiger charge is 2.36. The number of rotatable bonds is 11. The average Bonchev–Trinajstić information content (AvgIpc) is 3.29. The zero-order chi connectivity index (χ0) is 28.9. The van der Waals surface area contributed by atoms with E-state index < -0.39 is 23.8 Å². The topological polar surface area (TPSA) is 150 Å². The third-order valence-corrected chi connectivity index (χ3v) is 7.24. The van der Waals surface area contributed by atoms with Crippen molar-refractivity contribution in [2.75, 3.05) is 31.4 Å². The molecule has 2 aromatic carbocycles. The number of carbonyl (C=O) groups is 3. The SMILES string of the molecule is COc1ccc(C(C(=O)NCCC(C)C)N(C(=O)c2snc(C(N)=O)c2N)c2ccc(C)c(C)c2)cc1OC. The number of hydrogen-bond acceptors (Lipinski definition) is 8. The number of primary amides is 1. The van der Waals surface area contributed by atoms with Crippen LogP contribution >= 0.6 is 11.5 Å². The Kier molecular flexibility index (Phi) is 9.52. The number of ether oxygens (including phenoxy) is 2. The molecule has 1 aromatic heterocycles. The molecule has 3 rings (SSSR count). The Labute approximate surface area is 232 Å². The van der Waals surface area contributed by atoms with Gasteiger partial charge in [-0.2, -0.15) is 4.37 Å². The molecule has 1 atom stereocenters. The van der Waals surface area contributed by atoms with Gasteiger partial charge in [0.1, 0.15) is 10.9 Å². The van der Waals surface area contributed by atoms with E-state index in [1.54, 1.807) is 24.3 Å². The molecule has 0 aliphatic carbocycles. The Morgan fingerprint density at radius 3 is 2.28 bits per heavy atom. The minimum atomic E-state index is -1.12. The fourth-order valence-corrected chi connectivity index (χ4v) is 4.76. The molecule has 0 fully saturated rings. The standard InChI is InChI=1S/C28H35N5O5S/c1-15(2)11-12-31-27(35)24(18-8-10-20(37-5)21(14-18)38-6)33(19-9-7-16(3)17(4)13-19)28(36)25-22(29)23(26(30)34)32-39-25/h7-10,13-15,24H,11-12,29H2,1-6H3,(H2,30,34)(H,31,35). The molecule has 0 radical (unpaired) electrons. The summed E-state index contributed by atoms with van der Waals surface area (Å²) in [7, 11) is 3.01. The maximum atomic E-state index is 14.2. The number of anilines is 2. The lowest BCUT2D eigenvalue weighted by Gasteiger charge is -2.32. The predicted octanol–water partition coefficient (Wildman–Crippen LogP) is 4.01. The van der Waals surface area contributed by atoms with Crippen molar-refractivity contribution in [3.63, 3.8) is 0 Å². The molecule has 208 valence electrons. The lowest BCUT2D eigenvalue weighted by Crippen LogP contribution is -2.44. The highest BCUT2D eigenvalue weighted by Crippen LogP contribution is 2.37. The minimum absolute atomic E-state index is 0.00230. The van der Waals surface area contributed by atoms with Crippen molar-refractivity contribution in [1.29, 1.82) is 0 Å². The van der Waals surface area contributed by atoms with Gasteiger partial charge in [0.2, 0.25) is 5.91 Å². The van der Waals surface area contributed by atoms with E-state index in [9.17, 15) is 14.4 Å². The van der Waals surface area contributed by atoms with Gasteiger partial charge < -0.3 is 26.3 Å². The molecule has 0 spiro atoms. The van der Waals surface area contributed by atoms with Crippen LogP contribution in [0.2, 0.25) is 0 Å². The number of methoxy groups -OCH3 is 2. The van der Waals surface area contributed by atoms with Crippen LogP contribution < -0.4 is 31.2 Å². The van der Waals surface area contributed by atoms with Crippen LogP contribution in [0.1, 0.15) is 63.2 Å². The van der Waals surface area contributed by atoms with Gasteiger partial charge in [0.25, 0.3) is 11.8 Å². The second-order valence-corrected chi connectivity index (χ2v) is 10.3. The summed E-state index contributed by atoms with van der Waals surface area (Å²) in [4.78, 5) is 41.3. The maximum Gasteiger partial charge on any atom is 0.273 e. The van der Waals surface area contributed by atoms with E-state index in [0.717, 1.165) is 29.1 Å². The second-order valence-electron chi connectivity index (χ2n) is 9.57. The molecule has 10 nitrogen and oxygen atoms in total. The summed E-state index contributed by atoms with van der Waals surface area (Å²) in [5.41, 5.74) is 14.1. The number of aromatic nitrogens is 1. The van der Waals surface area contributed by atoms with Crippen molar-refractivity contribution in [3.05, 3.63) is 63.7 Å². The van der Waals surface area contributed by atoms with Crippen LogP contribution in [-0.2, 0) is 4.79 Å². The molecule has 0 aliphatic heterocycles. The van der Waals surface area contributed by atoms with E-state index in [2.05, 4.69) is 23.5 Å². The molecule has 0 aliphatic rings. The molecular weight excluding hydrogens is 518 g/mol. The first-order valence-corrected chi connectivity index (χ1v) is 13.2. The average molecular weight is 554 g/mol. The van der Waals surface area contributed by atoms with Crippen molar-refractivity contribution in [2.45, 2.75) is 40.2 Å². The van der Waals surface area contributed by atoms with Crippen LogP contribution in [0.4, 0.5) is 11.4 Å². The van der Waals surface area contributed by atoms with Crippen molar-refractivity contribution >= 4 is 40.6 Å². The predicted molar refractivity (Wildman–Crippen MR) is 153 cm³/mol. The summed E-state index contributed by atoms with van der Waals surface area (Å²) in [6.45, 7) is 8.42. The number of nitrogen functional groups attached to an aromatic ring is 1. The van der Waals surface area contributed by atoms with Gasteiger partial charge in [-0.25, -0.2) is 0 Å². The van der Waals surface area contributed by atoms with Gasteiger partial charge in [-0.1, -0.05) is 26.0 Å². The van der Waals surface area contributed by atoms with Gasteiger partial charge in [0.05, 0.1) is 19.9 Å². The van der Waals surface area contributed by atoms with Gasteiger partial charge in [0.15, 0.2) is 17.2 Å². The monoisotopic (exact) mass is 553 g/mol. The van der Waals surface area contributed by atoms with Crippen LogP contribution in [0.3, 0.4) is 0 Å². The Morgan fingerprint density at radius 2 is 1.72 bits per heavy atom. The van der Waals surface area contributed by atoms with Crippen molar-refractivity contribution < 1.29 is 23.9 Å². The molecule has 1 heterocycles. The van der Waals surface area contributed by atoms with Gasteiger partial charge in [0, 0.05) is 12.2 Å². The number of nitrogens with one attached hydrogen (secondary N) is 1. The maximum absolute atomic E-state index is 14.2. The Bertz CT molecular complexity index is 1370. The number of carbonyl (C=O) groups excluding carboxylic acids is 3. The summed E-state index contributed by atoms with van der Waals surface area (Å²) in [6.07, 6.45) is 0.756. The zero-order valence-electron chi connectivity index (χ0n) is 23.0. The van der Waals surface area contributed by atoms with Crippen molar-refractivity contribution in [3.8, 4) is 11.5 Å². The number of nitrogens with zero attached hydrogens (tertiary/aromatic N) is 2. The summed E-state index contributed by atoms with van der Waals surface area (Å²) < 4.78 is 14.9. The largest absolute Gasteiger partial charge is 0.493 e. The molecule has 11 heteroatoms. The molecule has 0 bridgehead atoms. The van der Waals surface area contributed by atoms with Gasteiger partial charge in [-0.05, 0) is 78.7 Å². The summed E-state index contributed by atoms with van der Waals surface area (Å²) in [5, 5.41) is 2.98. The molecule has 39 heavy (non-hydrogen) atoms. The molecular formula is C28H35N5O5S. The Hall–Kier alpha value is -4.12. The first kappa shape index (κ1) is 29.4. The normalized spacial score (nSPS) is 11.7. The van der Waals surface area contributed by atoms with Gasteiger partial charge >= 0.3 is 0 Å². The van der Waals surface area contributed by atoms with E-state index in [4.69, 9.17) is 20.9 Å². The number of benzene rings is 2. The van der Waals surface area contributed by atoms with E-state index in [-0.39, 0.29) is 16.3 Å². The van der Waals surface area contributed by atoms with Crippen LogP contribution in [0.5, 0.6) is 11.5 Å². The van der Waals surface area contributed by atoms with Crippen LogP contribution in [-0.4, -0.2) is 42.9 Å². The highest BCUT2D eigenvalue weighted by atomic mass is 32.1. The van der Waals surface area contributed by atoms with Gasteiger partial charge in [-0.3, -0.25) is 19.3 Å². The van der Waals surface area contributed by atoms with Crippen molar-refractivity contribution in [1.82, 2.24) is 9.69 Å². The Morgan fingerprint density at radius 1 is 1.03 bits per heavy atom. The van der Waals surface area contributed by atoms with E-state index in [1.165, 1.54) is 19.1 Å². The molecule has 0 saturated heterocycles. The lowest BCUT2D eigenvalue weighted by atomic mass is 10.00. The molecule has 0 saturated carbocycles. The number of amides is 3. The van der Waals surface area contributed by atoms with Crippen LogP contribution in [0.25, 0.3) is 0 Å². The summed E-state index contributed by atoms with van der Waals surface area (Å²) in [6, 6.07) is 9.40. The first-order chi connectivity index (χ1) is 18.5. The minimum Gasteiger partial charge on any atom is -0.493 e. The van der Waals surface area contributed by atoms with Crippen molar-refractivity contribution in [2.24, 2.45) is 11.7 Å². The lowest BCUT2D eigenvalue weighted by molar-refractivity contribution is -0.122. The summed E-state index contributed by atoms with van der Waals surface area (Å²) in [5.74, 6) is -0.597. The number of aryl methyl sites for hydroxylation is 2. The number of hydrogen-bond donors (Lipinski definition) is 3. The summed E-state index contributed by atoms with van der Waals surface area (Å²) >= 11 is 0.759. The third-order valence-electron chi connectivity index (χ3n) is 6.39. The Balaban J connectivity index is 2.25. The molecule has 5 N–H and O–H groups in total. The highest BCUT2D eigenvalue weighted by molar-refractivity contribution is 7.09. The molecule has 3 aromatic rings. The van der Waals surface area contributed by atoms with E-state index in [0.29, 0.717) is 35.2 Å².